The van der Waals surface area contributed by atoms with E-state index >= 15 is 0 Å². The van der Waals surface area contributed by atoms with Gasteiger partial charge in [-0.05, 0) is 55.0 Å². The number of hydrogen-bond acceptors (Lipinski definition) is 6. The molecule has 1 heterocycles. The number of ether oxygens (including phenoxy) is 3. The van der Waals surface area contributed by atoms with E-state index in [4.69, 9.17) is 26.2 Å². The number of carbonyl (C=O) groups excluding carboxylic acids is 1. The summed E-state index contributed by atoms with van der Waals surface area (Å²) in [6.45, 7) is 1.92. The molecule has 1 atom stereocenters. The lowest BCUT2D eigenvalue weighted by atomic mass is 9.96. The number of anilines is 2. The van der Waals surface area contributed by atoms with Gasteiger partial charge in [-0.15, -0.1) is 13.2 Å². The number of fused-ring (bicyclic) bond motifs is 1. The molecule has 1 aliphatic heterocycles. The van der Waals surface area contributed by atoms with Crippen molar-refractivity contribution in [3.05, 3.63) is 64.2 Å². The fourth-order valence-corrected chi connectivity index (χ4v) is 4.78. The standard InChI is InChI=1S/C27H28ClF3N2O5/c1-16-11-22(38-27(29,30)31)15-24-23(16)7-8-33(24)26(35)25(17-3-5-18(28)6-4-17)32-19-12-20(36-2)14-21(13-19)37-10-9-34/h3,5,11-15,25,32,34H,4,6-10H2,1-2H3. The Labute approximate surface area is 223 Å². The van der Waals surface area contributed by atoms with Gasteiger partial charge in [-0.25, -0.2) is 0 Å². The highest BCUT2D eigenvalue weighted by atomic mass is 35.5. The van der Waals surface area contributed by atoms with Crippen LogP contribution in [0.15, 0.2) is 53.1 Å². The highest BCUT2D eigenvalue weighted by Crippen LogP contribution is 2.38. The molecule has 204 valence electrons. The molecule has 11 heteroatoms. The molecule has 1 unspecified atom stereocenters. The molecule has 38 heavy (non-hydrogen) atoms. The summed E-state index contributed by atoms with van der Waals surface area (Å²) in [5, 5.41) is 13.0. The number of aliphatic hydroxyl groups is 1. The third-order valence-electron chi connectivity index (χ3n) is 6.33. The molecule has 1 aliphatic carbocycles. The fraction of sp³-hybridized carbons (Fsp3) is 0.370. The zero-order valence-corrected chi connectivity index (χ0v) is 21.7. The first-order valence-corrected chi connectivity index (χ1v) is 12.4. The van der Waals surface area contributed by atoms with Gasteiger partial charge in [-0.3, -0.25) is 4.79 Å². The maximum Gasteiger partial charge on any atom is 0.573 e. The van der Waals surface area contributed by atoms with Crippen LogP contribution in [0, 0.1) is 6.92 Å². The summed E-state index contributed by atoms with van der Waals surface area (Å²) in [5.41, 5.74) is 3.11. The van der Waals surface area contributed by atoms with Crippen LogP contribution >= 0.6 is 11.6 Å². The lowest BCUT2D eigenvalue weighted by molar-refractivity contribution is -0.274. The SMILES string of the molecule is COc1cc(NC(C(=O)N2CCc3c(C)cc(OC(F)(F)F)cc32)C2=CC=C(Cl)CC2)cc(OCCO)c1. The first-order valence-electron chi connectivity index (χ1n) is 12.0. The molecule has 7 nitrogen and oxygen atoms in total. The molecular formula is C27H28ClF3N2O5. The third kappa shape index (κ3) is 6.54. The van der Waals surface area contributed by atoms with E-state index in [1.54, 1.807) is 37.3 Å². The van der Waals surface area contributed by atoms with E-state index in [9.17, 15) is 18.0 Å². The van der Waals surface area contributed by atoms with Gasteiger partial charge in [0.15, 0.2) is 0 Å². The van der Waals surface area contributed by atoms with Crippen molar-refractivity contribution in [2.75, 3.05) is 37.1 Å². The van der Waals surface area contributed by atoms with E-state index < -0.39 is 12.4 Å². The van der Waals surface area contributed by atoms with Gasteiger partial charge in [0.1, 0.15) is 29.9 Å². The number of amides is 1. The van der Waals surface area contributed by atoms with Crippen LogP contribution in [-0.4, -0.2) is 50.3 Å². The van der Waals surface area contributed by atoms with Gasteiger partial charge < -0.3 is 29.5 Å². The number of methoxy groups -OCH3 is 1. The number of benzene rings is 2. The lowest BCUT2D eigenvalue weighted by Gasteiger charge is -2.29. The molecule has 1 amide bonds. The average Bonchev–Trinajstić information content (AvgIpc) is 3.29. The van der Waals surface area contributed by atoms with Crippen LogP contribution < -0.4 is 24.4 Å². The Morgan fingerprint density at radius 1 is 1.11 bits per heavy atom. The summed E-state index contributed by atoms with van der Waals surface area (Å²) >= 11 is 6.16. The molecule has 0 aromatic heterocycles. The van der Waals surface area contributed by atoms with Gasteiger partial charge in [0.2, 0.25) is 0 Å². The van der Waals surface area contributed by atoms with Crippen molar-refractivity contribution in [2.24, 2.45) is 0 Å². The minimum absolute atomic E-state index is 0.0790. The molecule has 0 saturated carbocycles. The van der Waals surface area contributed by atoms with Gasteiger partial charge in [-0.1, -0.05) is 17.7 Å². The van der Waals surface area contributed by atoms with E-state index in [-0.39, 0.29) is 24.9 Å². The Hall–Kier alpha value is -3.37. The maximum absolute atomic E-state index is 14.0. The second-order valence-corrected chi connectivity index (χ2v) is 9.41. The van der Waals surface area contributed by atoms with E-state index in [0.29, 0.717) is 59.3 Å². The molecule has 0 radical (unpaired) electrons. The number of halogens is 4. The molecule has 2 aromatic carbocycles. The van der Waals surface area contributed by atoms with E-state index in [0.717, 1.165) is 11.1 Å². The largest absolute Gasteiger partial charge is 0.573 e. The summed E-state index contributed by atoms with van der Waals surface area (Å²) in [7, 11) is 1.50. The van der Waals surface area contributed by atoms with E-state index in [1.165, 1.54) is 24.1 Å². The van der Waals surface area contributed by atoms with Crippen LogP contribution in [-0.2, 0) is 11.2 Å². The van der Waals surface area contributed by atoms with Crippen LogP contribution in [0.3, 0.4) is 0 Å². The second kappa shape index (κ2) is 11.6. The number of hydrogen-bond donors (Lipinski definition) is 2. The van der Waals surface area contributed by atoms with Crippen molar-refractivity contribution in [3.63, 3.8) is 0 Å². The fourth-order valence-electron chi connectivity index (χ4n) is 4.62. The predicted molar refractivity (Wildman–Crippen MR) is 138 cm³/mol. The minimum atomic E-state index is -4.85. The summed E-state index contributed by atoms with van der Waals surface area (Å²) in [6.07, 6.45) is 0.264. The van der Waals surface area contributed by atoms with Crippen LogP contribution in [0.2, 0.25) is 0 Å². The molecule has 2 aromatic rings. The van der Waals surface area contributed by atoms with Crippen LogP contribution in [0.4, 0.5) is 24.5 Å². The van der Waals surface area contributed by atoms with Gasteiger partial charge in [0.25, 0.3) is 5.91 Å². The van der Waals surface area contributed by atoms with Gasteiger partial charge in [0, 0.05) is 41.5 Å². The predicted octanol–water partition coefficient (Wildman–Crippen LogP) is 5.49. The first kappa shape index (κ1) is 27.7. The number of nitrogens with one attached hydrogen (secondary N) is 1. The normalized spacial score (nSPS) is 15.8. The molecule has 2 aliphatic rings. The van der Waals surface area contributed by atoms with Crippen molar-refractivity contribution in [3.8, 4) is 17.2 Å². The third-order valence-corrected chi connectivity index (χ3v) is 6.65. The Bertz CT molecular complexity index is 1260. The minimum Gasteiger partial charge on any atom is -0.497 e. The molecule has 0 saturated heterocycles. The lowest BCUT2D eigenvalue weighted by Crippen LogP contribution is -2.43. The highest BCUT2D eigenvalue weighted by Gasteiger charge is 2.36. The van der Waals surface area contributed by atoms with E-state index in [2.05, 4.69) is 10.1 Å². The molecule has 0 spiro atoms. The van der Waals surface area contributed by atoms with Crippen LogP contribution in [0.5, 0.6) is 17.2 Å². The number of nitrogens with zero attached hydrogens (tertiary/aromatic N) is 1. The molecule has 4 rings (SSSR count). The summed E-state index contributed by atoms with van der Waals surface area (Å²) < 4.78 is 53.8. The Morgan fingerprint density at radius 2 is 1.87 bits per heavy atom. The van der Waals surface area contributed by atoms with Gasteiger partial charge in [-0.2, -0.15) is 0 Å². The van der Waals surface area contributed by atoms with Crippen molar-refractivity contribution in [2.45, 2.75) is 38.6 Å². The van der Waals surface area contributed by atoms with E-state index in [1.807, 2.05) is 0 Å². The van der Waals surface area contributed by atoms with Crippen molar-refractivity contribution in [1.82, 2.24) is 0 Å². The molecule has 0 fully saturated rings. The van der Waals surface area contributed by atoms with Crippen molar-refractivity contribution < 1.29 is 37.3 Å². The smallest absolute Gasteiger partial charge is 0.497 e. The Balaban J connectivity index is 1.70. The number of carbonyl (C=O) groups is 1. The highest BCUT2D eigenvalue weighted by molar-refractivity contribution is 6.29. The van der Waals surface area contributed by atoms with Gasteiger partial charge in [0.05, 0.1) is 19.4 Å². The Kier molecular flexibility index (Phi) is 8.42. The summed E-state index contributed by atoms with van der Waals surface area (Å²) in [4.78, 5) is 15.5. The monoisotopic (exact) mass is 552 g/mol. The zero-order chi connectivity index (χ0) is 27.4. The second-order valence-electron chi connectivity index (χ2n) is 8.93. The van der Waals surface area contributed by atoms with Gasteiger partial charge >= 0.3 is 6.36 Å². The first-order chi connectivity index (χ1) is 18.1. The summed E-state index contributed by atoms with van der Waals surface area (Å²) in [6, 6.07) is 6.79. The quantitative estimate of drug-likeness (QED) is 0.428. The number of aryl methyl sites for hydroxylation is 1. The van der Waals surface area contributed by atoms with Crippen LogP contribution in [0.1, 0.15) is 24.0 Å². The number of aliphatic hydroxyl groups excluding tert-OH is 1. The number of rotatable bonds is 9. The molecular weight excluding hydrogens is 525 g/mol. The van der Waals surface area contributed by atoms with Crippen molar-refractivity contribution >= 4 is 28.9 Å². The maximum atomic E-state index is 14.0. The van der Waals surface area contributed by atoms with Crippen molar-refractivity contribution in [1.29, 1.82) is 0 Å². The zero-order valence-electron chi connectivity index (χ0n) is 20.9. The van der Waals surface area contributed by atoms with Crippen LogP contribution in [0.25, 0.3) is 0 Å². The molecule has 0 bridgehead atoms. The topological polar surface area (TPSA) is 80.3 Å². The number of allylic oxidation sites excluding steroid dienone is 3. The summed E-state index contributed by atoms with van der Waals surface area (Å²) in [5.74, 6) is 0.211. The average molecular weight is 553 g/mol. The molecule has 2 N–H and O–H groups in total. The Morgan fingerprint density at radius 3 is 2.53 bits per heavy atom. The number of alkyl halides is 3.